The maximum atomic E-state index is 10.3. The van der Waals surface area contributed by atoms with Crippen molar-refractivity contribution in [1.29, 1.82) is 0 Å². The number of rotatable bonds is 5. The number of ether oxygens (including phenoxy) is 1. The molecule has 0 unspecified atom stereocenters. The van der Waals surface area contributed by atoms with Gasteiger partial charge in [0.15, 0.2) is 0 Å². The Bertz CT molecular complexity index is 816. The van der Waals surface area contributed by atoms with Gasteiger partial charge < -0.3 is 11.3 Å². The minimum atomic E-state index is -0.784. The van der Waals surface area contributed by atoms with Crippen LogP contribution in [-0.2, 0) is 4.79 Å². The monoisotopic (exact) mass is 370 g/mol. The summed E-state index contributed by atoms with van der Waals surface area (Å²) in [6.45, 7) is 2.39. The zero-order valence-electron chi connectivity index (χ0n) is 17.0. The van der Waals surface area contributed by atoms with Gasteiger partial charge in [-0.2, -0.15) is 0 Å². The molecule has 0 aliphatic carbocycles. The van der Waals surface area contributed by atoms with E-state index >= 15 is 0 Å². The molecule has 134 valence electrons. The van der Waals surface area contributed by atoms with Crippen LogP contribution in [0.15, 0.2) is 24.3 Å². The number of aryl methyl sites for hydroxylation is 1. The Balaban J connectivity index is 0. The Hall–Kier alpha value is -2.27. The second kappa shape index (κ2) is 17.2. The van der Waals surface area contributed by atoms with Crippen LogP contribution in [0.25, 0.3) is 0 Å². The molecule has 0 amide bonds. The molecule has 1 rings (SSSR count). The molecule has 0 fully saturated rings. The quantitative estimate of drug-likeness (QED) is 0.477. The fourth-order valence-corrected chi connectivity index (χ4v) is 1.73. The largest absolute Gasteiger partial charge is 1.00 e. The van der Waals surface area contributed by atoms with Crippen LogP contribution in [-0.4, -0.2) is 17.7 Å². The van der Waals surface area contributed by atoms with Crippen LogP contribution >= 0.6 is 0 Å². The first kappa shape index (κ1) is 24.7. The number of carboxylic acid groups (broad SMARTS) is 1. The number of hydrogen-bond acceptors (Lipinski definition) is 2. The first-order chi connectivity index (χ1) is 12.7. The molecule has 0 heterocycles. The molecule has 0 aliphatic heterocycles. The molecular formula is C23H23NaO3. The van der Waals surface area contributed by atoms with Crippen molar-refractivity contribution >= 4 is 5.97 Å². The topological polar surface area (TPSA) is 46.5 Å². The number of unbranched alkanes of at least 4 members (excludes halogenated alkanes) is 1. The average Bonchev–Trinajstić information content (AvgIpc) is 2.62. The second-order valence-electron chi connectivity index (χ2n) is 5.29. The average molecular weight is 370 g/mol. The number of benzene rings is 1. The molecule has 0 aliphatic rings. The predicted molar refractivity (Wildman–Crippen MR) is 104 cm³/mol. The Kier molecular flexibility index (Phi) is 15.7. The summed E-state index contributed by atoms with van der Waals surface area (Å²) in [4.78, 5) is 10.3. The van der Waals surface area contributed by atoms with E-state index in [4.69, 9.17) is 9.84 Å². The zero-order chi connectivity index (χ0) is 18.9. The van der Waals surface area contributed by atoms with Gasteiger partial charge in [0.25, 0.3) is 0 Å². The Morgan fingerprint density at radius 1 is 0.926 bits per heavy atom. The van der Waals surface area contributed by atoms with Crippen molar-refractivity contribution in [3.05, 3.63) is 29.8 Å². The summed E-state index contributed by atoms with van der Waals surface area (Å²) < 4.78 is 5.49. The summed E-state index contributed by atoms with van der Waals surface area (Å²) in [5, 5.41) is 8.47. The fourth-order valence-electron chi connectivity index (χ4n) is 1.73. The molecule has 0 saturated heterocycles. The van der Waals surface area contributed by atoms with Crippen LogP contribution in [0.4, 0.5) is 0 Å². The molecule has 0 bridgehead atoms. The molecule has 27 heavy (non-hydrogen) atoms. The van der Waals surface area contributed by atoms with Gasteiger partial charge in [-0.15, -0.1) is 5.92 Å². The third-order valence-corrected chi connectivity index (χ3v) is 3.05. The molecule has 4 heteroatoms. The maximum absolute atomic E-state index is 10.3. The van der Waals surface area contributed by atoms with Gasteiger partial charge >= 0.3 is 35.5 Å². The summed E-state index contributed by atoms with van der Waals surface area (Å²) in [6.07, 6.45) is 2.84. The van der Waals surface area contributed by atoms with E-state index in [1.807, 2.05) is 31.2 Å². The smallest absolute Gasteiger partial charge is 1.00 e. The normalized spacial score (nSPS) is 8.04. The standard InChI is InChI=1S/C23H22O3.Na.H/c1-21-16-18-22(19-17-21)26-20-14-12-10-8-6-4-2-3-5-7-9-11-13-15-23(24)25;;/h16-19H,4-5,10-11,13,15,20H2,1H3,(H,24,25);;/q;+1;-1. The van der Waals surface area contributed by atoms with Gasteiger partial charge in [-0.05, 0) is 25.5 Å². The van der Waals surface area contributed by atoms with E-state index in [0.29, 0.717) is 38.7 Å². The van der Waals surface area contributed by atoms with Gasteiger partial charge in [0, 0.05) is 12.8 Å². The number of carbonyl (C=O) groups is 1. The van der Waals surface area contributed by atoms with Crippen molar-refractivity contribution in [2.24, 2.45) is 0 Å². The molecule has 0 aromatic heterocycles. The van der Waals surface area contributed by atoms with E-state index < -0.39 is 5.97 Å². The number of hydrogen-bond donors (Lipinski definition) is 1. The van der Waals surface area contributed by atoms with Crippen LogP contribution in [0.2, 0.25) is 0 Å². The molecule has 1 N–H and O–H groups in total. The minimum absolute atomic E-state index is 0. The van der Waals surface area contributed by atoms with Gasteiger partial charge in [0.2, 0.25) is 0 Å². The van der Waals surface area contributed by atoms with Crippen molar-refractivity contribution < 1.29 is 45.6 Å². The second-order valence-corrected chi connectivity index (χ2v) is 5.29. The third kappa shape index (κ3) is 15.7. The van der Waals surface area contributed by atoms with Crippen molar-refractivity contribution in [1.82, 2.24) is 0 Å². The maximum Gasteiger partial charge on any atom is 1.00 e. The van der Waals surface area contributed by atoms with E-state index in [9.17, 15) is 4.79 Å². The van der Waals surface area contributed by atoms with Crippen molar-refractivity contribution in [2.45, 2.75) is 45.4 Å². The molecule has 0 radical (unpaired) electrons. The number of aliphatic carboxylic acids is 1. The predicted octanol–water partition coefficient (Wildman–Crippen LogP) is 0.929. The van der Waals surface area contributed by atoms with Gasteiger partial charge in [0.05, 0.1) is 19.3 Å². The first-order valence-electron chi connectivity index (χ1n) is 8.42. The van der Waals surface area contributed by atoms with Gasteiger partial charge in [0.1, 0.15) is 12.4 Å². The van der Waals surface area contributed by atoms with Crippen molar-refractivity contribution in [2.75, 3.05) is 6.61 Å². The van der Waals surface area contributed by atoms with Crippen LogP contribution in [0.1, 0.15) is 45.5 Å². The zero-order valence-corrected chi connectivity index (χ0v) is 18.0. The van der Waals surface area contributed by atoms with E-state index in [1.54, 1.807) is 0 Å². The summed E-state index contributed by atoms with van der Waals surface area (Å²) in [5.41, 5.74) is 1.20. The van der Waals surface area contributed by atoms with Crippen LogP contribution in [0, 0.1) is 54.3 Å². The van der Waals surface area contributed by atoms with E-state index in [-0.39, 0.29) is 37.4 Å². The van der Waals surface area contributed by atoms with E-state index in [0.717, 1.165) is 5.75 Å². The van der Waals surface area contributed by atoms with Gasteiger partial charge in [-0.1, -0.05) is 59.1 Å². The molecule has 0 saturated carbocycles. The molecule has 1 aromatic rings. The van der Waals surface area contributed by atoms with Crippen LogP contribution in [0.5, 0.6) is 5.75 Å². The van der Waals surface area contributed by atoms with E-state index in [2.05, 4.69) is 47.4 Å². The molecule has 0 atom stereocenters. The first-order valence-corrected chi connectivity index (χ1v) is 8.42. The fraction of sp³-hybridized carbons (Fsp3) is 0.348. The summed E-state index contributed by atoms with van der Waals surface area (Å²) >= 11 is 0. The Morgan fingerprint density at radius 3 is 2.00 bits per heavy atom. The Morgan fingerprint density at radius 2 is 1.44 bits per heavy atom. The third-order valence-electron chi connectivity index (χ3n) is 3.05. The molecule has 3 nitrogen and oxygen atoms in total. The van der Waals surface area contributed by atoms with Gasteiger partial charge in [-0.3, -0.25) is 4.79 Å². The Labute approximate surface area is 186 Å². The minimum Gasteiger partial charge on any atom is -1.00 e. The van der Waals surface area contributed by atoms with Crippen molar-refractivity contribution in [3.8, 4) is 53.1 Å². The number of carboxylic acids is 1. The SMILES string of the molecule is Cc1ccc(OCC#CCC#CCC#CCC#CCCCC(=O)O)cc1.[H-].[Na+]. The van der Waals surface area contributed by atoms with Gasteiger partial charge in [-0.25, -0.2) is 0 Å². The summed E-state index contributed by atoms with van der Waals surface area (Å²) in [7, 11) is 0. The van der Waals surface area contributed by atoms with Crippen LogP contribution in [0.3, 0.4) is 0 Å². The van der Waals surface area contributed by atoms with E-state index in [1.165, 1.54) is 5.56 Å². The van der Waals surface area contributed by atoms with Crippen LogP contribution < -0.4 is 34.3 Å². The molecular weight excluding hydrogens is 347 g/mol. The van der Waals surface area contributed by atoms with Crippen molar-refractivity contribution in [3.63, 3.8) is 0 Å². The summed E-state index contributed by atoms with van der Waals surface area (Å²) in [6, 6.07) is 7.85. The molecule has 0 spiro atoms. The molecule has 1 aromatic carbocycles. The summed E-state index contributed by atoms with van der Waals surface area (Å²) in [5.74, 6) is 23.4.